The van der Waals surface area contributed by atoms with Gasteiger partial charge in [-0.05, 0) is 0 Å². The Bertz CT molecular complexity index is 15.7. The van der Waals surface area contributed by atoms with Gasteiger partial charge in [0.15, 0.2) is 0 Å². The second-order valence-electron chi connectivity index (χ2n) is 0. The third-order valence-electron chi connectivity index (χ3n) is 0. The monoisotopic (exact) mass is 153 g/mol. The summed E-state index contributed by atoms with van der Waals surface area (Å²) in [5, 5.41) is 0. The molecule has 0 amide bonds. The molecule has 0 atom stereocenters. The second kappa shape index (κ2) is 37.4. The molecular formula is H2CuLi2NiO. The summed E-state index contributed by atoms with van der Waals surface area (Å²) in [4.78, 5) is 0. The fraction of sp³-hybridized carbons (Fsp3) is 0. The van der Waals surface area contributed by atoms with Crippen molar-refractivity contribution >= 4 is 0 Å². The molecule has 5 heavy (non-hydrogen) atoms. The van der Waals surface area contributed by atoms with Gasteiger partial charge in [0.25, 0.3) is 0 Å². The molecule has 0 unspecified atom stereocenters. The molecule has 1 nitrogen and oxygen atoms in total. The summed E-state index contributed by atoms with van der Waals surface area (Å²) in [7, 11) is 0. The maximum atomic E-state index is 7.81. The van der Waals surface area contributed by atoms with Crippen LogP contribution in [0.4, 0.5) is 0 Å². The van der Waals surface area contributed by atoms with Crippen molar-refractivity contribution in [2.75, 3.05) is 0 Å². The molecule has 0 saturated heterocycles. The van der Waals surface area contributed by atoms with Crippen molar-refractivity contribution in [3.63, 3.8) is 0 Å². The summed E-state index contributed by atoms with van der Waals surface area (Å²) in [6.07, 6.45) is 0. The fourth-order valence-electron chi connectivity index (χ4n) is 0. The van der Waals surface area contributed by atoms with E-state index in [0.29, 0.717) is 0 Å². The Morgan fingerprint density at radius 3 is 1.20 bits per heavy atom. The van der Waals surface area contributed by atoms with Crippen molar-refractivity contribution in [1.29, 1.82) is 0 Å². The van der Waals surface area contributed by atoms with E-state index in [9.17, 15) is 0 Å². The minimum absolute atomic E-state index is 0. The van der Waals surface area contributed by atoms with Crippen LogP contribution < -0.4 is 37.7 Å². The summed E-state index contributed by atoms with van der Waals surface area (Å²) in [6.45, 7) is 0. The van der Waals surface area contributed by atoms with Gasteiger partial charge in [-0.1, -0.05) is 0 Å². The van der Waals surface area contributed by atoms with E-state index in [1.165, 1.54) is 0 Å². The first-order valence-corrected chi connectivity index (χ1v) is 0.508. The van der Waals surface area contributed by atoms with E-state index in [2.05, 4.69) is 15.9 Å². The molecule has 31 valence electrons. The van der Waals surface area contributed by atoms with Gasteiger partial charge in [-0.2, -0.15) is 0 Å². The zero-order valence-corrected chi connectivity index (χ0v) is 4.96. The molecular weight excluding hydrogens is 152 g/mol. The molecule has 0 aromatic heterocycles. The van der Waals surface area contributed by atoms with Crippen molar-refractivity contribution in [2.45, 2.75) is 0 Å². The average molecular weight is 154 g/mol. The third-order valence-corrected chi connectivity index (χ3v) is 0. The van der Waals surface area contributed by atoms with E-state index in [1.807, 2.05) is 0 Å². The van der Waals surface area contributed by atoms with Crippen LogP contribution in [0.2, 0.25) is 0 Å². The molecule has 0 radical (unpaired) electrons. The summed E-state index contributed by atoms with van der Waals surface area (Å²) in [5.74, 6) is 0. The molecule has 0 saturated carbocycles. The second-order valence-corrected chi connectivity index (χ2v) is 0. The summed E-state index contributed by atoms with van der Waals surface area (Å²) >= 11 is 2.94. The first-order chi connectivity index (χ1) is 1.00. The number of rotatable bonds is 0. The van der Waals surface area contributed by atoms with E-state index in [-0.39, 0.29) is 57.1 Å². The molecule has 0 aromatic rings. The molecule has 0 spiro atoms. The Morgan fingerprint density at radius 2 is 1.20 bits per heavy atom. The zero-order chi connectivity index (χ0) is 2.00. The van der Waals surface area contributed by atoms with Crippen LogP contribution in [0, 0.1) is 0 Å². The van der Waals surface area contributed by atoms with Crippen molar-refractivity contribution in [3.05, 3.63) is 0 Å². The number of hydrogen-bond donors (Lipinski definition) is 0. The molecule has 0 rings (SSSR count). The van der Waals surface area contributed by atoms with E-state index < -0.39 is 0 Å². The topological polar surface area (TPSA) is 17.1 Å². The fourth-order valence-corrected chi connectivity index (χ4v) is 0. The Kier molecular flexibility index (Phi) is 209. The molecule has 5 heteroatoms. The molecule has 0 aliphatic rings. The van der Waals surface area contributed by atoms with Gasteiger partial charge >= 0.3 is 57.5 Å². The van der Waals surface area contributed by atoms with Crippen LogP contribution in [-0.4, -0.2) is 0 Å². The van der Waals surface area contributed by atoms with Gasteiger partial charge in [0, 0.05) is 16.5 Å². The Morgan fingerprint density at radius 1 is 1.20 bits per heavy atom. The van der Waals surface area contributed by atoms with Gasteiger partial charge in [0.2, 0.25) is 0 Å². The Balaban J connectivity index is -0.000000000500. The van der Waals surface area contributed by atoms with Gasteiger partial charge in [-0.3, -0.25) is 0 Å². The normalized spacial score (nSPS) is 1.20. The van der Waals surface area contributed by atoms with E-state index in [1.54, 1.807) is 0 Å². The summed E-state index contributed by atoms with van der Waals surface area (Å²) in [5.41, 5.74) is 0. The first kappa shape index (κ1) is 28.0. The van der Waals surface area contributed by atoms with Crippen LogP contribution in [0.1, 0.15) is 2.85 Å². The number of hydrogen-bond acceptors (Lipinski definition) is 1. The van der Waals surface area contributed by atoms with E-state index in [4.69, 9.17) is 3.83 Å². The molecule has 0 fully saturated rings. The van der Waals surface area contributed by atoms with Crippen LogP contribution in [0.15, 0.2) is 0 Å². The van der Waals surface area contributed by atoms with Crippen LogP contribution in [0.3, 0.4) is 0 Å². The van der Waals surface area contributed by atoms with Gasteiger partial charge in [0.05, 0.1) is 0 Å². The molecule has 0 aliphatic carbocycles. The van der Waals surface area contributed by atoms with Crippen LogP contribution in [0.25, 0.3) is 0 Å². The maximum absolute atomic E-state index is 7.81. The summed E-state index contributed by atoms with van der Waals surface area (Å²) in [6, 6.07) is 0. The van der Waals surface area contributed by atoms with Crippen LogP contribution in [0.5, 0.6) is 0 Å². The molecule has 0 N–H and O–H groups in total. The first-order valence-electron chi connectivity index (χ1n) is 0.123. The zero-order valence-electron chi connectivity index (χ0n) is 5.03. The molecule has 0 aromatic carbocycles. The molecule has 0 bridgehead atoms. The molecule has 0 heterocycles. The SMILES string of the molecule is [H-].[H-].[Li+].[Li+].[Ni].[O]=[Cu]. The Hall–Kier alpha value is 2.01. The van der Waals surface area contributed by atoms with E-state index in [0.717, 1.165) is 0 Å². The van der Waals surface area contributed by atoms with Gasteiger partial charge in [-0.15, -0.1) is 0 Å². The summed E-state index contributed by atoms with van der Waals surface area (Å²) < 4.78 is 7.81. The Labute approximate surface area is 76.3 Å². The predicted octanol–water partition coefficient (Wildman–Crippen LogP) is -5.89. The van der Waals surface area contributed by atoms with Crippen LogP contribution >= 0.6 is 0 Å². The average Bonchev–Trinajstić information content (AvgIpc) is 1.00. The standard InChI is InChI=1S/Cu.2Li.Ni.O.2H/q;2*+1;;;2*-1. The minimum atomic E-state index is 0. The quantitative estimate of drug-likeness (QED) is 0.318. The van der Waals surface area contributed by atoms with Crippen LogP contribution in [-0.2, 0) is 36.3 Å². The van der Waals surface area contributed by atoms with Gasteiger partial charge in [0.1, 0.15) is 0 Å². The van der Waals surface area contributed by atoms with Gasteiger partial charge < -0.3 is 2.85 Å². The van der Waals surface area contributed by atoms with Gasteiger partial charge in [-0.25, -0.2) is 0 Å². The van der Waals surface area contributed by atoms with E-state index >= 15 is 0 Å². The van der Waals surface area contributed by atoms with Crippen molar-refractivity contribution < 1.29 is 76.8 Å². The van der Waals surface area contributed by atoms with Crippen molar-refractivity contribution in [1.82, 2.24) is 0 Å². The predicted molar refractivity (Wildman–Crippen MR) is 2.91 cm³/mol. The molecule has 0 aliphatic heterocycles. The van der Waals surface area contributed by atoms with Crippen molar-refractivity contribution in [3.8, 4) is 0 Å². The third kappa shape index (κ3) is 23.9. The van der Waals surface area contributed by atoms with Crippen molar-refractivity contribution in [2.24, 2.45) is 0 Å².